The summed E-state index contributed by atoms with van der Waals surface area (Å²) in [5, 5.41) is 9.89. The van der Waals surface area contributed by atoms with Crippen molar-refractivity contribution >= 4 is 17.3 Å². The number of benzene rings is 2. The van der Waals surface area contributed by atoms with Crippen molar-refractivity contribution in [3.63, 3.8) is 0 Å². The van der Waals surface area contributed by atoms with Gasteiger partial charge in [0.05, 0.1) is 17.5 Å². The lowest BCUT2D eigenvalue weighted by Gasteiger charge is -2.22. The first kappa shape index (κ1) is 16.3. The molecule has 1 heterocycles. The molecule has 0 fully saturated rings. The van der Waals surface area contributed by atoms with E-state index in [4.69, 9.17) is 0 Å². The fourth-order valence-electron chi connectivity index (χ4n) is 2.92. The second kappa shape index (κ2) is 6.53. The Morgan fingerprint density at radius 2 is 2.00 bits per heavy atom. The Kier molecular flexibility index (Phi) is 4.44. The van der Waals surface area contributed by atoms with Crippen LogP contribution in [-0.2, 0) is 4.79 Å². The number of aliphatic imine (C=N–C) groups is 1. The standard InChI is InChI=1S/C19H19FN2O2/c1-3-22-17-9-8-13(12(2)23)10-15(17)19(21-11-18(22)24)14-6-4-5-7-16(14)20/h4-10,12,23H,3,11H2,1-2H3. The highest BCUT2D eigenvalue weighted by molar-refractivity contribution is 6.19. The number of halogens is 1. The van der Waals surface area contributed by atoms with Gasteiger partial charge < -0.3 is 10.0 Å². The molecule has 1 aliphatic heterocycles. The second-order valence-corrected chi connectivity index (χ2v) is 5.74. The van der Waals surface area contributed by atoms with Crippen LogP contribution < -0.4 is 4.90 Å². The maximum absolute atomic E-state index is 14.3. The molecular weight excluding hydrogens is 307 g/mol. The van der Waals surface area contributed by atoms with Gasteiger partial charge in [0.15, 0.2) is 0 Å². The number of anilines is 1. The van der Waals surface area contributed by atoms with Crippen molar-refractivity contribution in [3.05, 3.63) is 65.0 Å². The van der Waals surface area contributed by atoms with Crippen LogP contribution in [0.4, 0.5) is 10.1 Å². The molecule has 0 aliphatic carbocycles. The monoisotopic (exact) mass is 326 g/mol. The van der Waals surface area contributed by atoms with Gasteiger partial charge in [-0.2, -0.15) is 0 Å². The first-order valence-corrected chi connectivity index (χ1v) is 7.95. The number of hydrogen-bond donors (Lipinski definition) is 1. The van der Waals surface area contributed by atoms with Gasteiger partial charge in [0.1, 0.15) is 12.4 Å². The van der Waals surface area contributed by atoms with Gasteiger partial charge in [-0.3, -0.25) is 9.79 Å². The molecule has 24 heavy (non-hydrogen) atoms. The molecule has 1 N–H and O–H groups in total. The number of benzodiazepines with no additional fused rings is 1. The van der Waals surface area contributed by atoms with Gasteiger partial charge in [-0.15, -0.1) is 0 Å². The normalized spacial score (nSPS) is 15.6. The summed E-state index contributed by atoms with van der Waals surface area (Å²) in [5.74, 6) is -0.517. The van der Waals surface area contributed by atoms with Gasteiger partial charge in [-0.1, -0.05) is 18.2 Å². The molecule has 0 aromatic heterocycles. The van der Waals surface area contributed by atoms with Crippen molar-refractivity contribution in [2.75, 3.05) is 18.0 Å². The van der Waals surface area contributed by atoms with Crippen molar-refractivity contribution in [1.82, 2.24) is 0 Å². The minimum absolute atomic E-state index is 0.0315. The molecule has 1 atom stereocenters. The van der Waals surface area contributed by atoms with Gasteiger partial charge in [0.25, 0.3) is 0 Å². The summed E-state index contributed by atoms with van der Waals surface area (Å²) >= 11 is 0. The van der Waals surface area contributed by atoms with Gasteiger partial charge in [0, 0.05) is 17.7 Å². The number of nitrogens with zero attached hydrogens (tertiary/aromatic N) is 2. The van der Waals surface area contributed by atoms with E-state index < -0.39 is 6.10 Å². The van der Waals surface area contributed by atoms with E-state index in [-0.39, 0.29) is 18.3 Å². The molecule has 2 aromatic carbocycles. The fourth-order valence-corrected chi connectivity index (χ4v) is 2.92. The summed E-state index contributed by atoms with van der Waals surface area (Å²) in [6.07, 6.45) is -0.661. The molecule has 5 heteroatoms. The van der Waals surface area contributed by atoms with Crippen molar-refractivity contribution in [1.29, 1.82) is 0 Å². The number of amides is 1. The van der Waals surface area contributed by atoms with E-state index in [0.717, 1.165) is 0 Å². The Labute approximate surface area is 140 Å². The van der Waals surface area contributed by atoms with Crippen molar-refractivity contribution < 1.29 is 14.3 Å². The number of fused-ring (bicyclic) bond motifs is 1. The molecule has 0 saturated heterocycles. The lowest BCUT2D eigenvalue weighted by Crippen LogP contribution is -2.32. The van der Waals surface area contributed by atoms with Crippen LogP contribution in [0.5, 0.6) is 0 Å². The first-order valence-electron chi connectivity index (χ1n) is 7.95. The molecule has 0 bridgehead atoms. The number of rotatable bonds is 3. The molecule has 0 saturated carbocycles. The zero-order valence-corrected chi connectivity index (χ0v) is 13.7. The summed E-state index contributed by atoms with van der Waals surface area (Å²) in [6, 6.07) is 11.7. The molecule has 1 unspecified atom stereocenters. The molecule has 0 spiro atoms. The van der Waals surface area contributed by atoms with Crippen LogP contribution in [0.25, 0.3) is 0 Å². The molecule has 2 aromatic rings. The van der Waals surface area contributed by atoms with Crippen LogP contribution in [0.15, 0.2) is 47.5 Å². The van der Waals surface area contributed by atoms with E-state index >= 15 is 0 Å². The Hall–Kier alpha value is -2.53. The molecule has 4 nitrogen and oxygen atoms in total. The number of hydrogen-bond acceptors (Lipinski definition) is 3. The number of aliphatic hydroxyl groups excluding tert-OH is 1. The summed E-state index contributed by atoms with van der Waals surface area (Å²) in [4.78, 5) is 18.4. The van der Waals surface area contributed by atoms with Crippen LogP contribution >= 0.6 is 0 Å². The zero-order chi connectivity index (χ0) is 17.3. The van der Waals surface area contributed by atoms with Gasteiger partial charge >= 0.3 is 0 Å². The highest BCUT2D eigenvalue weighted by Crippen LogP contribution is 2.30. The smallest absolute Gasteiger partial charge is 0.248 e. The minimum Gasteiger partial charge on any atom is -0.389 e. The Balaban J connectivity index is 2.26. The van der Waals surface area contributed by atoms with Gasteiger partial charge in [-0.25, -0.2) is 4.39 Å². The largest absolute Gasteiger partial charge is 0.389 e. The molecule has 3 rings (SSSR count). The quantitative estimate of drug-likeness (QED) is 0.942. The predicted octanol–water partition coefficient (Wildman–Crippen LogP) is 3.08. The highest BCUT2D eigenvalue weighted by Gasteiger charge is 2.25. The fraction of sp³-hybridized carbons (Fsp3) is 0.263. The van der Waals surface area contributed by atoms with E-state index in [2.05, 4.69) is 4.99 Å². The topological polar surface area (TPSA) is 52.9 Å². The number of aliphatic hydroxyl groups is 1. The van der Waals surface area contributed by atoms with E-state index in [1.165, 1.54) is 6.07 Å². The van der Waals surface area contributed by atoms with Crippen LogP contribution in [0.3, 0.4) is 0 Å². The molecule has 1 aliphatic rings. The molecule has 0 radical (unpaired) electrons. The average Bonchev–Trinajstić information content (AvgIpc) is 2.71. The summed E-state index contributed by atoms with van der Waals surface area (Å²) in [5.41, 5.74) is 2.84. The number of carbonyl (C=O) groups is 1. The van der Waals surface area contributed by atoms with Gasteiger partial charge in [-0.05, 0) is 43.7 Å². The predicted molar refractivity (Wildman–Crippen MR) is 92.0 cm³/mol. The lowest BCUT2D eigenvalue weighted by molar-refractivity contribution is -0.117. The van der Waals surface area contributed by atoms with Crippen molar-refractivity contribution in [2.24, 2.45) is 4.99 Å². The highest BCUT2D eigenvalue weighted by atomic mass is 19.1. The third-order valence-electron chi connectivity index (χ3n) is 4.17. The molecular formula is C19H19FN2O2. The van der Waals surface area contributed by atoms with E-state index in [9.17, 15) is 14.3 Å². The zero-order valence-electron chi connectivity index (χ0n) is 13.7. The van der Waals surface area contributed by atoms with E-state index in [1.54, 1.807) is 48.2 Å². The Morgan fingerprint density at radius 3 is 2.67 bits per heavy atom. The van der Waals surface area contributed by atoms with Crippen LogP contribution in [0.1, 0.15) is 36.6 Å². The maximum Gasteiger partial charge on any atom is 0.248 e. The van der Waals surface area contributed by atoms with Crippen molar-refractivity contribution in [2.45, 2.75) is 20.0 Å². The molecule has 1 amide bonds. The number of carbonyl (C=O) groups excluding carboxylic acids is 1. The summed E-state index contributed by atoms with van der Waals surface area (Å²) in [7, 11) is 0. The third-order valence-corrected chi connectivity index (χ3v) is 4.17. The minimum atomic E-state index is -0.661. The van der Waals surface area contributed by atoms with E-state index in [1.807, 2.05) is 6.92 Å². The van der Waals surface area contributed by atoms with Crippen LogP contribution in [0.2, 0.25) is 0 Å². The first-order chi connectivity index (χ1) is 11.5. The summed E-state index contributed by atoms with van der Waals surface area (Å²) < 4.78 is 14.3. The van der Waals surface area contributed by atoms with E-state index in [0.29, 0.717) is 34.6 Å². The van der Waals surface area contributed by atoms with Crippen molar-refractivity contribution in [3.8, 4) is 0 Å². The summed E-state index contributed by atoms with van der Waals surface area (Å²) in [6.45, 7) is 4.02. The van der Waals surface area contributed by atoms with Crippen LogP contribution in [-0.4, -0.2) is 29.8 Å². The maximum atomic E-state index is 14.3. The Bertz CT molecular complexity index is 815. The van der Waals surface area contributed by atoms with Gasteiger partial charge in [0.2, 0.25) is 5.91 Å². The molecule has 124 valence electrons. The average molecular weight is 326 g/mol. The lowest BCUT2D eigenvalue weighted by atomic mass is 9.96. The van der Waals surface area contributed by atoms with Crippen LogP contribution in [0, 0.1) is 5.82 Å². The Morgan fingerprint density at radius 1 is 1.25 bits per heavy atom. The SMILES string of the molecule is CCN1C(=O)CN=C(c2ccccc2F)c2cc(C(C)O)ccc21. The second-order valence-electron chi connectivity index (χ2n) is 5.74. The third kappa shape index (κ3) is 2.83. The number of likely N-dealkylation sites (N-methyl/N-ethyl adjacent to an activating group) is 1.